The molecule has 0 aromatic rings. The minimum absolute atomic E-state index is 0.711. The van der Waals surface area contributed by atoms with Crippen LogP contribution in [0.15, 0.2) is 5.16 Å². The molecule has 0 rings (SSSR count). The monoisotopic (exact) mass is 144 g/mol. The zero-order chi connectivity index (χ0) is 7.82. The predicted molar refractivity (Wildman–Crippen MR) is 43.3 cm³/mol. The van der Waals surface area contributed by atoms with E-state index in [0.29, 0.717) is 6.61 Å². The van der Waals surface area contributed by atoms with Crippen LogP contribution >= 0.6 is 0 Å². The van der Waals surface area contributed by atoms with Gasteiger partial charge < -0.3 is 9.74 Å². The lowest BCUT2D eigenvalue weighted by Gasteiger charge is -2.07. The summed E-state index contributed by atoms with van der Waals surface area (Å²) in [5.41, 5.74) is 0. The summed E-state index contributed by atoms with van der Waals surface area (Å²) in [6.45, 7) is 3.60. The van der Waals surface area contributed by atoms with Gasteiger partial charge in [0.25, 0.3) is 0 Å². The molecule has 0 bridgehead atoms. The van der Waals surface area contributed by atoms with Crippen molar-refractivity contribution in [2.75, 3.05) is 27.2 Å². The summed E-state index contributed by atoms with van der Waals surface area (Å²) in [5.74, 6) is 0. The third kappa shape index (κ3) is 7.43. The Kier molecular flexibility index (Phi) is 6.18. The molecule has 0 amide bonds. The Bertz CT molecular complexity index is 91.6. The van der Waals surface area contributed by atoms with Crippen LogP contribution in [0.3, 0.4) is 0 Å². The molecular formula is C7H16N2O. The van der Waals surface area contributed by atoms with Crippen molar-refractivity contribution in [3.63, 3.8) is 0 Å². The second-order valence-electron chi connectivity index (χ2n) is 2.35. The van der Waals surface area contributed by atoms with Crippen LogP contribution in [-0.4, -0.2) is 38.4 Å². The van der Waals surface area contributed by atoms with Crippen molar-refractivity contribution < 1.29 is 4.84 Å². The third-order valence-corrected chi connectivity index (χ3v) is 1.02. The average molecular weight is 144 g/mol. The van der Waals surface area contributed by atoms with Crippen LogP contribution in [0.5, 0.6) is 0 Å². The summed E-state index contributed by atoms with van der Waals surface area (Å²) in [7, 11) is 4.09. The van der Waals surface area contributed by atoms with E-state index in [-0.39, 0.29) is 0 Å². The van der Waals surface area contributed by atoms with E-state index in [1.165, 1.54) is 0 Å². The Balaban J connectivity index is 2.91. The van der Waals surface area contributed by atoms with Crippen molar-refractivity contribution >= 4 is 6.21 Å². The van der Waals surface area contributed by atoms with Gasteiger partial charge in [0.15, 0.2) is 0 Å². The topological polar surface area (TPSA) is 24.8 Å². The Morgan fingerprint density at radius 1 is 1.50 bits per heavy atom. The van der Waals surface area contributed by atoms with Crippen LogP contribution in [0, 0.1) is 0 Å². The minimum atomic E-state index is 0.711. The highest BCUT2D eigenvalue weighted by Crippen LogP contribution is 1.84. The zero-order valence-electron chi connectivity index (χ0n) is 7.00. The molecule has 10 heavy (non-hydrogen) atoms. The number of oxime groups is 1. The van der Waals surface area contributed by atoms with Gasteiger partial charge in [-0.05, 0) is 27.4 Å². The molecule has 0 aliphatic rings. The maximum absolute atomic E-state index is 4.88. The van der Waals surface area contributed by atoms with Gasteiger partial charge in [-0.3, -0.25) is 0 Å². The number of hydrogen-bond acceptors (Lipinski definition) is 3. The fourth-order valence-electron chi connectivity index (χ4n) is 0.573. The molecule has 0 heterocycles. The van der Waals surface area contributed by atoms with Crippen molar-refractivity contribution in [2.45, 2.75) is 13.3 Å². The molecule has 0 fully saturated rings. The van der Waals surface area contributed by atoms with E-state index in [2.05, 4.69) is 10.1 Å². The molecule has 0 saturated heterocycles. The van der Waals surface area contributed by atoms with E-state index in [1.807, 2.05) is 21.0 Å². The molecule has 60 valence electrons. The zero-order valence-corrected chi connectivity index (χ0v) is 7.00. The maximum atomic E-state index is 4.88. The van der Waals surface area contributed by atoms with E-state index < -0.39 is 0 Å². The average Bonchev–Trinajstić information content (AvgIpc) is 1.87. The fourth-order valence-corrected chi connectivity index (χ4v) is 0.573. The fraction of sp³-hybridized carbons (Fsp3) is 0.857. The normalized spacial score (nSPS) is 11.2. The number of rotatable bonds is 5. The predicted octanol–water partition coefficient (Wildman–Crippen LogP) is 0.960. The molecule has 0 atom stereocenters. The molecular weight excluding hydrogens is 128 g/mol. The van der Waals surface area contributed by atoms with Crippen molar-refractivity contribution in [3.05, 3.63) is 0 Å². The smallest absolute Gasteiger partial charge is 0.118 e. The molecule has 0 aliphatic carbocycles. The molecule has 0 spiro atoms. The van der Waals surface area contributed by atoms with Crippen molar-refractivity contribution in [2.24, 2.45) is 5.16 Å². The first-order valence-electron chi connectivity index (χ1n) is 3.52. The molecule has 0 N–H and O–H groups in total. The molecule has 0 saturated carbocycles. The molecule has 0 aromatic heterocycles. The molecule has 0 unspecified atom stereocenters. The summed E-state index contributed by atoms with van der Waals surface area (Å²) in [6.07, 6.45) is 2.68. The molecule has 3 heteroatoms. The Morgan fingerprint density at radius 2 is 2.20 bits per heavy atom. The lowest BCUT2D eigenvalue weighted by atomic mass is 10.4. The second-order valence-corrected chi connectivity index (χ2v) is 2.35. The van der Waals surface area contributed by atoms with Crippen LogP contribution in [0.2, 0.25) is 0 Å². The third-order valence-electron chi connectivity index (χ3n) is 1.02. The van der Waals surface area contributed by atoms with Crippen molar-refractivity contribution in [1.82, 2.24) is 4.90 Å². The second kappa shape index (κ2) is 6.55. The molecule has 0 aromatic carbocycles. The van der Waals surface area contributed by atoms with Gasteiger partial charge in [0.1, 0.15) is 6.61 Å². The van der Waals surface area contributed by atoms with Crippen molar-refractivity contribution in [3.8, 4) is 0 Å². The summed E-state index contributed by atoms with van der Waals surface area (Å²) in [6, 6.07) is 0. The first-order valence-corrected chi connectivity index (χ1v) is 3.52. The van der Waals surface area contributed by atoms with Gasteiger partial charge in [-0.2, -0.15) is 0 Å². The SMILES string of the molecule is CC=NOCCCN(C)C. The standard InChI is InChI=1S/C7H16N2O/c1-4-8-10-7-5-6-9(2)3/h4H,5-7H2,1-3H3. The van der Waals surface area contributed by atoms with Gasteiger partial charge in [0.05, 0.1) is 0 Å². The van der Waals surface area contributed by atoms with Crippen LogP contribution in [0.1, 0.15) is 13.3 Å². The van der Waals surface area contributed by atoms with E-state index in [1.54, 1.807) is 6.21 Å². The largest absolute Gasteiger partial charge is 0.396 e. The highest BCUT2D eigenvalue weighted by atomic mass is 16.6. The lowest BCUT2D eigenvalue weighted by Crippen LogP contribution is -2.14. The maximum Gasteiger partial charge on any atom is 0.118 e. The van der Waals surface area contributed by atoms with E-state index in [9.17, 15) is 0 Å². The van der Waals surface area contributed by atoms with Crippen LogP contribution in [0.4, 0.5) is 0 Å². The summed E-state index contributed by atoms with van der Waals surface area (Å²) in [5, 5.41) is 3.63. The van der Waals surface area contributed by atoms with Crippen LogP contribution < -0.4 is 0 Å². The quantitative estimate of drug-likeness (QED) is 0.326. The Morgan fingerprint density at radius 3 is 2.70 bits per heavy atom. The summed E-state index contributed by atoms with van der Waals surface area (Å²) >= 11 is 0. The van der Waals surface area contributed by atoms with Crippen molar-refractivity contribution in [1.29, 1.82) is 0 Å². The summed E-state index contributed by atoms with van der Waals surface area (Å²) in [4.78, 5) is 7.00. The first kappa shape index (κ1) is 9.43. The minimum Gasteiger partial charge on any atom is -0.396 e. The van der Waals surface area contributed by atoms with Gasteiger partial charge in [0, 0.05) is 12.8 Å². The lowest BCUT2D eigenvalue weighted by molar-refractivity contribution is 0.136. The van der Waals surface area contributed by atoms with Crippen LogP contribution in [-0.2, 0) is 4.84 Å². The molecule has 0 radical (unpaired) electrons. The summed E-state index contributed by atoms with van der Waals surface area (Å²) < 4.78 is 0. The van der Waals surface area contributed by atoms with Crippen LogP contribution in [0.25, 0.3) is 0 Å². The van der Waals surface area contributed by atoms with Gasteiger partial charge in [-0.25, -0.2) is 0 Å². The van der Waals surface area contributed by atoms with Gasteiger partial charge >= 0.3 is 0 Å². The Hall–Kier alpha value is -0.570. The molecule has 0 aliphatic heterocycles. The van der Waals surface area contributed by atoms with E-state index in [0.717, 1.165) is 13.0 Å². The van der Waals surface area contributed by atoms with Gasteiger partial charge in [-0.1, -0.05) is 5.16 Å². The number of nitrogens with zero attached hydrogens (tertiary/aromatic N) is 2. The highest BCUT2D eigenvalue weighted by molar-refractivity contribution is 5.52. The highest BCUT2D eigenvalue weighted by Gasteiger charge is 1.88. The van der Waals surface area contributed by atoms with E-state index in [4.69, 9.17) is 4.84 Å². The van der Waals surface area contributed by atoms with Gasteiger partial charge in [0.2, 0.25) is 0 Å². The first-order chi connectivity index (χ1) is 4.77. The number of hydrogen-bond donors (Lipinski definition) is 0. The Labute approximate surface area is 62.7 Å². The van der Waals surface area contributed by atoms with E-state index >= 15 is 0 Å². The molecule has 3 nitrogen and oxygen atoms in total. The van der Waals surface area contributed by atoms with Gasteiger partial charge in [-0.15, -0.1) is 0 Å².